The monoisotopic (exact) mass is 335 g/mol. The highest BCUT2D eigenvalue weighted by atomic mass is 16.2. The molecule has 0 spiro atoms. The molecule has 0 radical (unpaired) electrons. The average molecular weight is 335 g/mol. The lowest BCUT2D eigenvalue weighted by Gasteiger charge is -2.21. The van der Waals surface area contributed by atoms with Gasteiger partial charge >= 0.3 is 0 Å². The topological polar surface area (TPSA) is 66.1 Å². The molecule has 1 aromatic carbocycles. The molecule has 5 nitrogen and oxygen atoms in total. The van der Waals surface area contributed by atoms with Crippen molar-refractivity contribution in [3.05, 3.63) is 64.1 Å². The van der Waals surface area contributed by atoms with Gasteiger partial charge in [-0.25, -0.2) is 4.98 Å². The van der Waals surface area contributed by atoms with Gasteiger partial charge in [0.2, 0.25) is 0 Å². The minimum absolute atomic E-state index is 0.128. The zero-order chi connectivity index (χ0) is 17.4. The second kappa shape index (κ2) is 6.31. The lowest BCUT2D eigenvalue weighted by molar-refractivity contribution is 0.0782. The molecule has 1 aromatic heterocycles. The number of hydrogen-bond acceptors (Lipinski definition) is 3. The number of likely N-dealkylation sites (tertiary alicyclic amines) is 1. The Morgan fingerprint density at radius 1 is 1.20 bits per heavy atom. The van der Waals surface area contributed by atoms with Crippen molar-refractivity contribution in [2.45, 2.75) is 19.8 Å². The molecule has 25 heavy (non-hydrogen) atoms. The quantitative estimate of drug-likeness (QED) is 0.858. The Labute approximate surface area is 146 Å². The van der Waals surface area contributed by atoms with Crippen LogP contribution in [0.3, 0.4) is 0 Å². The number of nitrogens with zero attached hydrogens (tertiary/aromatic N) is 2. The molecular formula is C20H21N3O2. The zero-order valence-corrected chi connectivity index (χ0v) is 14.2. The maximum atomic E-state index is 12.8. The predicted molar refractivity (Wildman–Crippen MR) is 96.2 cm³/mol. The van der Waals surface area contributed by atoms with E-state index in [1.54, 1.807) is 0 Å². The molecule has 0 unspecified atom stereocenters. The zero-order valence-electron chi connectivity index (χ0n) is 14.2. The molecular weight excluding hydrogens is 314 g/mol. The van der Waals surface area contributed by atoms with E-state index < -0.39 is 0 Å². The van der Waals surface area contributed by atoms with Gasteiger partial charge in [0.05, 0.1) is 0 Å². The van der Waals surface area contributed by atoms with Crippen LogP contribution < -0.4 is 5.56 Å². The summed E-state index contributed by atoms with van der Waals surface area (Å²) < 4.78 is 0. The van der Waals surface area contributed by atoms with E-state index in [0.717, 1.165) is 31.5 Å². The van der Waals surface area contributed by atoms with E-state index in [-0.39, 0.29) is 17.0 Å². The van der Waals surface area contributed by atoms with Crippen LogP contribution in [0.15, 0.2) is 53.0 Å². The van der Waals surface area contributed by atoms with Gasteiger partial charge in [0.25, 0.3) is 11.5 Å². The first-order valence-corrected chi connectivity index (χ1v) is 8.71. The molecule has 2 atom stereocenters. The summed E-state index contributed by atoms with van der Waals surface area (Å²) in [6.45, 7) is 3.61. The number of fused-ring (bicyclic) bond motifs is 1. The van der Waals surface area contributed by atoms with Gasteiger partial charge in [0.15, 0.2) is 0 Å². The lowest BCUT2D eigenvalue weighted by atomic mass is 9.83. The second-order valence-electron chi connectivity index (χ2n) is 7.06. The SMILES string of the molecule is CC1=CC[C@@H]2CN(C(=O)c3cnc(-c4ccccc4)[nH]c3=O)C[C@@H]2C1. The third-order valence-electron chi connectivity index (χ3n) is 5.29. The first-order chi connectivity index (χ1) is 12.1. The van der Waals surface area contributed by atoms with Crippen LogP contribution in [0.2, 0.25) is 0 Å². The Kier molecular flexibility index (Phi) is 3.99. The molecule has 2 aliphatic rings. The standard InChI is InChI=1S/C20H21N3O2/c1-13-7-8-15-11-23(12-16(15)9-13)20(25)17-10-21-18(22-19(17)24)14-5-3-2-4-6-14/h2-7,10,15-16H,8-9,11-12H2,1H3,(H,21,22,24)/t15-,16+/m1/s1. The molecule has 4 rings (SSSR count). The number of carbonyl (C=O) groups excluding carboxylic acids is 1. The summed E-state index contributed by atoms with van der Waals surface area (Å²) >= 11 is 0. The maximum absolute atomic E-state index is 12.8. The van der Waals surface area contributed by atoms with Crippen molar-refractivity contribution in [1.82, 2.24) is 14.9 Å². The van der Waals surface area contributed by atoms with Gasteiger partial charge in [0.1, 0.15) is 11.4 Å². The van der Waals surface area contributed by atoms with Crippen LogP contribution in [-0.4, -0.2) is 33.9 Å². The lowest BCUT2D eigenvalue weighted by Crippen LogP contribution is -2.33. The fourth-order valence-corrected chi connectivity index (χ4v) is 3.91. The fraction of sp³-hybridized carbons (Fsp3) is 0.350. The molecule has 1 N–H and O–H groups in total. The maximum Gasteiger partial charge on any atom is 0.264 e. The van der Waals surface area contributed by atoms with Crippen molar-refractivity contribution >= 4 is 5.91 Å². The van der Waals surface area contributed by atoms with E-state index in [0.29, 0.717) is 17.7 Å². The summed E-state index contributed by atoms with van der Waals surface area (Å²) in [4.78, 5) is 34.1. The van der Waals surface area contributed by atoms with Gasteiger partial charge in [0, 0.05) is 24.8 Å². The molecule has 1 aliphatic carbocycles. The molecule has 0 saturated carbocycles. The Bertz CT molecular complexity index is 885. The van der Waals surface area contributed by atoms with E-state index in [4.69, 9.17) is 0 Å². The number of rotatable bonds is 2. The Balaban J connectivity index is 1.55. The third-order valence-corrected chi connectivity index (χ3v) is 5.29. The van der Waals surface area contributed by atoms with E-state index in [9.17, 15) is 9.59 Å². The summed E-state index contributed by atoms with van der Waals surface area (Å²) in [7, 11) is 0. The van der Waals surface area contributed by atoms with Crippen molar-refractivity contribution in [2.24, 2.45) is 11.8 Å². The van der Waals surface area contributed by atoms with Gasteiger partial charge in [-0.15, -0.1) is 0 Å². The largest absolute Gasteiger partial charge is 0.338 e. The molecule has 128 valence electrons. The van der Waals surface area contributed by atoms with Crippen molar-refractivity contribution in [1.29, 1.82) is 0 Å². The molecule has 1 fully saturated rings. The predicted octanol–water partition coefficient (Wildman–Crippen LogP) is 2.87. The van der Waals surface area contributed by atoms with Crippen LogP contribution >= 0.6 is 0 Å². The first-order valence-electron chi connectivity index (χ1n) is 8.71. The molecule has 0 bridgehead atoms. The van der Waals surface area contributed by atoms with Gasteiger partial charge in [-0.2, -0.15) is 0 Å². The van der Waals surface area contributed by atoms with E-state index >= 15 is 0 Å². The van der Waals surface area contributed by atoms with Crippen LogP contribution in [0, 0.1) is 11.8 Å². The number of aromatic amines is 1. The van der Waals surface area contributed by atoms with Crippen LogP contribution in [0.5, 0.6) is 0 Å². The number of carbonyl (C=O) groups is 1. The summed E-state index contributed by atoms with van der Waals surface area (Å²) in [6.07, 6.45) is 5.77. The summed E-state index contributed by atoms with van der Waals surface area (Å²) in [5.41, 5.74) is 1.99. The van der Waals surface area contributed by atoms with Gasteiger partial charge in [-0.3, -0.25) is 9.59 Å². The highest BCUT2D eigenvalue weighted by Gasteiger charge is 2.37. The van der Waals surface area contributed by atoms with E-state index in [1.165, 1.54) is 11.8 Å². The Hall–Kier alpha value is -2.69. The van der Waals surface area contributed by atoms with Crippen LogP contribution in [0.1, 0.15) is 30.1 Å². The van der Waals surface area contributed by atoms with Gasteiger partial charge in [-0.05, 0) is 31.6 Å². The Morgan fingerprint density at radius 2 is 1.96 bits per heavy atom. The average Bonchev–Trinajstić information content (AvgIpc) is 3.05. The minimum Gasteiger partial charge on any atom is -0.338 e. The Morgan fingerprint density at radius 3 is 2.72 bits per heavy atom. The molecule has 2 heterocycles. The van der Waals surface area contributed by atoms with Gasteiger partial charge < -0.3 is 9.88 Å². The molecule has 1 saturated heterocycles. The number of nitrogens with one attached hydrogen (secondary N) is 1. The highest BCUT2D eigenvalue weighted by Crippen LogP contribution is 2.35. The smallest absolute Gasteiger partial charge is 0.264 e. The van der Waals surface area contributed by atoms with Crippen LogP contribution in [-0.2, 0) is 0 Å². The third kappa shape index (κ3) is 3.02. The number of allylic oxidation sites excluding steroid dienone is 2. The summed E-state index contributed by atoms with van der Waals surface area (Å²) in [5, 5.41) is 0. The van der Waals surface area contributed by atoms with Crippen LogP contribution in [0.25, 0.3) is 11.4 Å². The number of H-pyrrole nitrogens is 1. The van der Waals surface area contributed by atoms with E-state index in [1.807, 2.05) is 35.2 Å². The number of amides is 1. The molecule has 1 aliphatic heterocycles. The molecule has 1 amide bonds. The molecule has 2 aromatic rings. The highest BCUT2D eigenvalue weighted by molar-refractivity contribution is 5.93. The van der Waals surface area contributed by atoms with Gasteiger partial charge in [-0.1, -0.05) is 42.0 Å². The van der Waals surface area contributed by atoms with Crippen molar-refractivity contribution in [3.63, 3.8) is 0 Å². The summed E-state index contributed by atoms with van der Waals surface area (Å²) in [5.74, 6) is 1.31. The second-order valence-corrected chi connectivity index (χ2v) is 7.06. The normalized spacial score (nSPS) is 22.4. The van der Waals surface area contributed by atoms with E-state index in [2.05, 4.69) is 23.0 Å². The number of aromatic nitrogens is 2. The van der Waals surface area contributed by atoms with Crippen molar-refractivity contribution < 1.29 is 4.79 Å². The summed E-state index contributed by atoms with van der Waals surface area (Å²) in [6, 6.07) is 9.43. The molecule has 5 heteroatoms. The first kappa shape index (κ1) is 15.8. The van der Waals surface area contributed by atoms with Crippen molar-refractivity contribution in [3.8, 4) is 11.4 Å². The van der Waals surface area contributed by atoms with Crippen LogP contribution in [0.4, 0.5) is 0 Å². The number of benzene rings is 1. The van der Waals surface area contributed by atoms with Crippen molar-refractivity contribution in [2.75, 3.05) is 13.1 Å². The number of hydrogen-bond donors (Lipinski definition) is 1. The fourth-order valence-electron chi connectivity index (χ4n) is 3.91. The minimum atomic E-state index is -0.372.